The van der Waals surface area contributed by atoms with E-state index in [1.54, 1.807) is 0 Å². The molecule has 1 aromatic rings. The Balaban J connectivity index is 1.78. The van der Waals surface area contributed by atoms with Crippen LogP contribution in [0.25, 0.3) is 0 Å². The van der Waals surface area contributed by atoms with Crippen LogP contribution in [0, 0.1) is 5.92 Å². The molecule has 1 unspecified atom stereocenters. The van der Waals surface area contributed by atoms with Crippen molar-refractivity contribution < 1.29 is 28.7 Å². The summed E-state index contributed by atoms with van der Waals surface area (Å²) in [6, 6.07) is 7.57. The van der Waals surface area contributed by atoms with Gasteiger partial charge in [0.05, 0.1) is 6.04 Å². The van der Waals surface area contributed by atoms with Crippen molar-refractivity contribution in [2.75, 3.05) is 6.54 Å². The Bertz CT molecular complexity index is 814. The highest BCUT2D eigenvalue weighted by molar-refractivity contribution is 5.94. The minimum atomic E-state index is -0.882. The van der Waals surface area contributed by atoms with Gasteiger partial charge in [0.1, 0.15) is 18.6 Å². The first-order chi connectivity index (χ1) is 16.3. The van der Waals surface area contributed by atoms with Gasteiger partial charge in [0, 0.05) is 6.54 Å². The number of unbranched alkanes of at least 4 members (excludes halogenated alkanes) is 3. The van der Waals surface area contributed by atoms with Crippen molar-refractivity contribution in [3.8, 4) is 0 Å². The van der Waals surface area contributed by atoms with Gasteiger partial charge in [0.25, 0.3) is 5.91 Å². The van der Waals surface area contributed by atoms with Crippen molar-refractivity contribution >= 4 is 23.8 Å². The van der Waals surface area contributed by atoms with Crippen molar-refractivity contribution in [1.82, 2.24) is 10.6 Å². The second kappa shape index (κ2) is 14.3. The first-order valence-electron chi connectivity index (χ1n) is 12.1. The average Bonchev–Trinajstić information content (AvgIpc) is 2.82. The van der Waals surface area contributed by atoms with Crippen LogP contribution >= 0.6 is 0 Å². The summed E-state index contributed by atoms with van der Waals surface area (Å²) < 4.78 is 10.4. The number of amides is 2. The van der Waals surface area contributed by atoms with Crippen molar-refractivity contribution in [3.63, 3.8) is 0 Å². The summed E-state index contributed by atoms with van der Waals surface area (Å²) in [4.78, 5) is 48.7. The van der Waals surface area contributed by atoms with Gasteiger partial charge >= 0.3 is 11.9 Å². The molecule has 1 fully saturated rings. The second-order valence-corrected chi connectivity index (χ2v) is 8.69. The molecule has 34 heavy (non-hydrogen) atoms. The van der Waals surface area contributed by atoms with Crippen LogP contribution in [0.1, 0.15) is 64.4 Å². The van der Waals surface area contributed by atoms with E-state index in [0.717, 1.165) is 31.2 Å². The molecule has 4 N–H and O–H groups in total. The molecule has 0 bridgehead atoms. The third kappa shape index (κ3) is 8.78. The lowest BCUT2D eigenvalue weighted by Gasteiger charge is -2.34. The SMILES string of the molecule is CCCCCC[C@@H]1C(=O)OC1C(=O)NCCC[C@H](NC(=O)[C@H](C)N)C(=O)OCc1ccccc1. The molecule has 2 rings (SSSR count). The minimum Gasteiger partial charge on any atom is -0.459 e. The number of rotatable bonds is 15. The zero-order chi connectivity index (χ0) is 24.9. The number of carbonyl (C=O) groups excluding carboxylic acids is 4. The van der Waals surface area contributed by atoms with E-state index in [9.17, 15) is 19.2 Å². The van der Waals surface area contributed by atoms with Crippen LogP contribution in [0.4, 0.5) is 0 Å². The van der Waals surface area contributed by atoms with Gasteiger partial charge in [-0.15, -0.1) is 0 Å². The van der Waals surface area contributed by atoms with Crippen LogP contribution in [0.15, 0.2) is 30.3 Å². The standard InChI is InChI=1S/C25H37N3O6/c1-3-4-5-9-13-19-21(34-24(19)31)23(30)27-15-10-14-20(28-22(29)17(2)26)25(32)33-16-18-11-7-6-8-12-18/h6-8,11-12,17,19-21H,3-5,9-10,13-16,26H2,1-2H3,(H,27,30)(H,28,29)/t17-,19-,20-,21?/m0/s1. The van der Waals surface area contributed by atoms with Gasteiger partial charge in [-0.25, -0.2) is 4.79 Å². The number of cyclic esters (lactones) is 1. The van der Waals surface area contributed by atoms with Gasteiger partial charge in [-0.1, -0.05) is 62.9 Å². The zero-order valence-corrected chi connectivity index (χ0v) is 20.1. The Labute approximate surface area is 201 Å². The molecular formula is C25H37N3O6. The molecule has 1 aliphatic heterocycles. The van der Waals surface area contributed by atoms with Gasteiger partial charge in [0.2, 0.25) is 5.91 Å². The molecule has 9 nitrogen and oxygen atoms in total. The molecule has 0 aromatic heterocycles. The Hall–Kier alpha value is -2.94. The van der Waals surface area contributed by atoms with Crippen LogP contribution in [-0.2, 0) is 35.3 Å². The van der Waals surface area contributed by atoms with Gasteiger partial charge in [0.15, 0.2) is 6.10 Å². The highest BCUT2D eigenvalue weighted by atomic mass is 16.6. The summed E-state index contributed by atoms with van der Waals surface area (Å²) in [5.74, 6) is -2.07. The van der Waals surface area contributed by atoms with Crippen LogP contribution in [0.3, 0.4) is 0 Å². The molecule has 1 saturated heterocycles. The summed E-state index contributed by atoms with van der Waals surface area (Å²) in [6.07, 6.45) is 4.70. The highest BCUT2D eigenvalue weighted by Crippen LogP contribution is 2.28. The lowest BCUT2D eigenvalue weighted by molar-refractivity contribution is -0.189. The average molecular weight is 476 g/mol. The number of benzene rings is 1. The van der Waals surface area contributed by atoms with Gasteiger partial charge in [-0.05, 0) is 31.7 Å². The number of nitrogens with two attached hydrogens (primary N) is 1. The molecule has 188 valence electrons. The van der Waals surface area contributed by atoms with E-state index < -0.39 is 30.1 Å². The van der Waals surface area contributed by atoms with E-state index in [1.807, 2.05) is 30.3 Å². The van der Waals surface area contributed by atoms with Crippen molar-refractivity contribution in [1.29, 1.82) is 0 Å². The molecule has 4 atom stereocenters. The Morgan fingerprint density at radius 2 is 1.85 bits per heavy atom. The quantitative estimate of drug-likeness (QED) is 0.260. The van der Waals surface area contributed by atoms with Gasteiger partial charge < -0.3 is 25.8 Å². The van der Waals surface area contributed by atoms with E-state index in [2.05, 4.69) is 17.6 Å². The number of hydrogen-bond acceptors (Lipinski definition) is 7. The molecule has 1 aliphatic rings. The van der Waals surface area contributed by atoms with Crippen LogP contribution in [0.2, 0.25) is 0 Å². The monoisotopic (exact) mass is 475 g/mol. The number of ether oxygens (including phenoxy) is 2. The Morgan fingerprint density at radius 3 is 2.50 bits per heavy atom. The van der Waals surface area contributed by atoms with Crippen molar-refractivity contribution in [2.24, 2.45) is 11.7 Å². The Morgan fingerprint density at radius 1 is 1.12 bits per heavy atom. The van der Waals surface area contributed by atoms with Crippen molar-refractivity contribution in [3.05, 3.63) is 35.9 Å². The molecule has 2 amide bonds. The molecule has 0 spiro atoms. The summed E-state index contributed by atoms with van der Waals surface area (Å²) >= 11 is 0. The third-order valence-corrected chi connectivity index (χ3v) is 5.75. The summed E-state index contributed by atoms with van der Waals surface area (Å²) in [6.45, 7) is 4.00. The maximum absolute atomic E-state index is 12.6. The lowest BCUT2D eigenvalue weighted by atomic mass is 9.90. The molecule has 0 saturated carbocycles. The fourth-order valence-electron chi connectivity index (χ4n) is 3.64. The number of carbonyl (C=O) groups is 4. The maximum Gasteiger partial charge on any atom is 0.328 e. The minimum absolute atomic E-state index is 0.0909. The fourth-order valence-corrected chi connectivity index (χ4v) is 3.64. The summed E-state index contributed by atoms with van der Waals surface area (Å²) in [7, 11) is 0. The fraction of sp³-hybridized carbons (Fsp3) is 0.600. The lowest BCUT2D eigenvalue weighted by Crippen LogP contribution is -2.54. The molecule has 9 heteroatoms. The summed E-state index contributed by atoms with van der Waals surface area (Å²) in [5, 5.41) is 5.37. The largest absolute Gasteiger partial charge is 0.459 e. The Kier molecular flexibility index (Phi) is 11.5. The predicted molar refractivity (Wildman–Crippen MR) is 126 cm³/mol. The van der Waals surface area contributed by atoms with Gasteiger partial charge in [-0.2, -0.15) is 0 Å². The van der Waals surface area contributed by atoms with E-state index in [-0.39, 0.29) is 37.4 Å². The summed E-state index contributed by atoms with van der Waals surface area (Å²) in [5.41, 5.74) is 6.45. The first kappa shape index (κ1) is 27.3. The molecule has 1 heterocycles. The third-order valence-electron chi connectivity index (χ3n) is 5.75. The van der Waals surface area contributed by atoms with E-state index in [1.165, 1.54) is 6.92 Å². The van der Waals surface area contributed by atoms with E-state index in [4.69, 9.17) is 15.2 Å². The highest BCUT2D eigenvalue weighted by Gasteiger charge is 2.46. The molecule has 1 aromatic carbocycles. The normalized spacial score (nSPS) is 18.7. The van der Waals surface area contributed by atoms with Gasteiger partial charge in [-0.3, -0.25) is 14.4 Å². The van der Waals surface area contributed by atoms with E-state index >= 15 is 0 Å². The molecule has 0 aliphatic carbocycles. The first-order valence-corrected chi connectivity index (χ1v) is 12.1. The van der Waals surface area contributed by atoms with Crippen LogP contribution in [-0.4, -0.2) is 48.5 Å². The topological polar surface area (TPSA) is 137 Å². The second-order valence-electron chi connectivity index (χ2n) is 8.69. The number of nitrogens with one attached hydrogen (secondary N) is 2. The van der Waals surface area contributed by atoms with Crippen LogP contribution in [0.5, 0.6) is 0 Å². The van der Waals surface area contributed by atoms with E-state index in [0.29, 0.717) is 12.8 Å². The van der Waals surface area contributed by atoms with Crippen molar-refractivity contribution in [2.45, 2.75) is 83.6 Å². The predicted octanol–water partition coefficient (Wildman–Crippen LogP) is 1.97. The number of esters is 2. The molecular weight excluding hydrogens is 438 g/mol. The number of hydrogen-bond donors (Lipinski definition) is 3. The zero-order valence-electron chi connectivity index (χ0n) is 20.1. The van der Waals surface area contributed by atoms with Crippen LogP contribution < -0.4 is 16.4 Å². The smallest absolute Gasteiger partial charge is 0.328 e. The maximum atomic E-state index is 12.6. The molecule has 0 radical (unpaired) electrons.